The topological polar surface area (TPSA) is 77.2 Å². The number of nitrogens with one attached hydrogen (secondary N) is 1. The molecule has 1 N–H and O–H groups in total. The summed E-state index contributed by atoms with van der Waals surface area (Å²) in [5, 5.41) is 7.13. The SMILES string of the molecule is Cc1nc([C@H]2CC[C@@](C)(NC(=O)OC(C)(C)C)C2(C)C)no1. The Kier molecular flexibility index (Phi) is 4.00. The highest BCUT2D eigenvalue weighted by molar-refractivity contribution is 5.69. The van der Waals surface area contributed by atoms with Crippen LogP contribution >= 0.6 is 0 Å². The Morgan fingerprint density at radius 3 is 2.50 bits per heavy atom. The first-order valence-electron chi connectivity index (χ1n) is 7.76. The van der Waals surface area contributed by atoms with Crippen molar-refractivity contribution >= 4 is 6.09 Å². The summed E-state index contributed by atoms with van der Waals surface area (Å²) >= 11 is 0. The van der Waals surface area contributed by atoms with E-state index in [2.05, 4.69) is 36.2 Å². The highest BCUT2D eigenvalue weighted by atomic mass is 16.6. The van der Waals surface area contributed by atoms with Crippen LogP contribution in [0.1, 0.15) is 72.0 Å². The van der Waals surface area contributed by atoms with Crippen LogP contribution in [0.4, 0.5) is 4.79 Å². The molecule has 1 aliphatic rings. The largest absolute Gasteiger partial charge is 0.444 e. The van der Waals surface area contributed by atoms with E-state index in [1.165, 1.54) is 0 Å². The third kappa shape index (κ3) is 3.10. The number of carbonyl (C=O) groups is 1. The average Bonchev–Trinajstić information content (AvgIpc) is 2.80. The van der Waals surface area contributed by atoms with Gasteiger partial charge in [0.1, 0.15) is 5.60 Å². The lowest BCUT2D eigenvalue weighted by molar-refractivity contribution is 0.0374. The first-order valence-corrected chi connectivity index (χ1v) is 7.76. The van der Waals surface area contributed by atoms with Crippen molar-refractivity contribution in [2.24, 2.45) is 5.41 Å². The molecule has 1 aromatic rings. The summed E-state index contributed by atoms with van der Waals surface area (Å²) in [5.74, 6) is 1.43. The number of hydrogen-bond donors (Lipinski definition) is 1. The third-order valence-corrected chi connectivity index (χ3v) is 4.86. The molecule has 0 aliphatic heterocycles. The number of rotatable bonds is 2. The van der Waals surface area contributed by atoms with Crippen LogP contribution in [0.15, 0.2) is 4.52 Å². The van der Waals surface area contributed by atoms with Crippen LogP contribution in [-0.2, 0) is 4.74 Å². The minimum Gasteiger partial charge on any atom is -0.444 e. The van der Waals surface area contributed by atoms with Crippen molar-refractivity contribution in [2.45, 2.75) is 78.4 Å². The van der Waals surface area contributed by atoms with Gasteiger partial charge in [0.25, 0.3) is 0 Å². The van der Waals surface area contributed by atoms with Gasteiger partial charge in [0, 0.05) is 18.4 Å². The van der Waals surface area contributed by atoms with Crippen LogP contribution in [-0.4, -0.2) is 27.4 Å². The van der Waals surface area contributed by atoms with E-state index in [1.54, 1.807) is 6.92 Å². The molecule has 6 nitrogen and oxygen atoms in total. The quantitative estimate of drug-likeness (QED) is 0.903. The second kappa shape index (κ2) is 5.25. The molecular weight excluding hydrogens is 282 g/mol. The average molecular weight is 309 g/mol. The third-order valence-electron chi connectivity index (χ3n) is 4.86. The van der Waals surface area contributed by atoms with Crippen LogP contribution in [0.25, 0.3) is 0 Å². The number of alkyl carbamates (subject to hydrolysis) is 1. The molecule has 6 heteroatoms. The molecule has 2 rings (SSSR count). The van der Waals surface area contributed by atoms with Gasteiger partial charge in [-0.25, -0.2) is 4.79 Å². The predicted molar refractivity (Wildman–Crippen MR) is 82.6 cm³/mol. The molecule has 1 fully saturated rings. The fourth-order valence-corrected chi connectivity index (χ4v) is 3.16. The molecule has 0 saturated heterocycles. The van der Waals surface area contributed by atoms with Crippen molar-refractivity contribution in [2.75, 3.05) is 0 Å². The number of hydrogen-bond acceptors (Lipinski definition) is 5. The van der Waals surface area contributed by atoms with E-state index in [9.17, 15) is 4.79 Å². The Morgan fingerprint density at radius 1 is 1.36 bits per heavy atom. The molecule has 0 radical (unpaired) electrons. The molecule has 0 unspecified atom stereocenters. The Labute approximate surface area is 132 Å². The Balaban J connectivity index is 2.16. The molecule has 1 amide bonds. The summed E-state index contributed by atoms with van der Waals surface area (Å²) in [6.07, 6.45) is 1.36. The van der Waals surface area contributed by atoms with Crippen molar-refractivity contribution in [1.29, 1.82) is 0 Å². The molecule has 0 bridgehead atoms. The van der Waals surface area contributed by atoms with Gasteiger partial charge in [-0.3, -0.25) is 0 Å². The highest BCUT2D eigenvalue weighted by Crippen LogP contribution is 2.54. The Hall–Kier alpha value is -1.59. The van der Waals surface area contributed by atoms with E-state index in [0.717, 1.165) is 18.7 Å². The molecule has 0 spiro atoms. The second-order valence-corrected chi connectivity index (χ2v) is 7.94. The van der Waals surface area contributed by atoms with Gasteiger partial charge < -0.3 is 14.6 Å². The molecule has 1 aliphatic carbocycles. The smallest absolute Gasteiger partial charge is 0.408 e. The molecule has 124 valence electrons. The zero-order chi connectivity index (χ0) is 16.8. The Bertz CT molecular complexity index is 559. The van der Waals surface area contributed by atoms with Crippen molar-refractivity contribution in [3.63, 3.8) is 0 Å². The molecule has 1 saturated carbocycles. The van der Waals surface area contributed by atoms with Crippen LogP contribution in [0.5, 0.6) is 0 Å². The molecule has 0 aromatic carbocycles. The van der Waals surface area contributed by atoms with E-state index < -0.39 is 5.60 Å². The summed E-state index contributed by atoms with van der Waals surface area (Å²) in [7, 11) is 0. The molecule has 1 aromatic heterocycles. The van der Waals surface area contributed by atoms with Gasteiger partial charge in [0.05, 0.1) is 0 Å². The number of nitrogens with zero attached hydrogens (tertiary/aromatic N) is 2. The maximum atomic E-state index is 12.2. The lowest BCUT2D eigenvalue weighted by Gasteiger charge is -2.41. The summed E-state index contributed by atoms with van der Waals surface area (Å²) in [6, 6.07) is 0. The van der Waals surface area contributed by atoms with Crippen molar-refractivity contribution in [3.05, 3.63) is 11.7 Å². The van der Waals surface area contributed by atoms with Gasteiger partial charge in [-0.2, -0.15) is 4.98 Å². The summed E-state index contributed by atoms with van der Waals surface area (Å²) < 4.78 is 10.5. The second-order valence-electron chi connectivity index (χ2n) is 7.94. The minimum absolute atomic E-state index is 0.143. The van der Waals surface area contributed by atoms with Crippen molar-refractivity contribution < 1.29 is 14.1 Å². The standard InChI is InChI=1S/C16H27N3O3/c1-10-17-12(19-22-10)11-8-9-16(7,15(11,5)6)18-13(20)21-14(2,3)4/h11H,8-9H2,1-7H3,(H,18,20)/t11-,16-/m1/s1. The van der Waals surface area contributed by atoms with Crippen LogP contribution in [0.2, 0.25) is 0 Å². The lowest BCUT2D eigenvalue weighted by atomic mass is 9.71. The summed E-state index contributed by atoms with van der Waals surface area (Å²) in [4.78, 5) is 16.5. The van der Waals surface area contributed by atoms with Gasteiger partial charge in [0.15, 0.2) is 5.82 Å². The fourth-order valence-electron chi connectivity index (χ4n) is 3.16. The van der Waals surface area contributed by atoms with Gasteiger partial charge in [-0.15, -0.1) is 0 Å². The normalized spacial score (nSPS) is 27.7. The number of aromatic nitrogens is 2. The monoisotopic (exact) mass is 309 g/mol. The van der Waals surface area contributed by atoms with E-state index in [0.29, 0.717) is 5.89 Å². The van der Waals surface area contributed by atoms with E-state index in [4.69, 9.17) is 9.26 Å². The van der Waals surface area contributed by atoms with Gasteiger partial charge in [0.2, 0.25) is 5.89 Å². The van der Waals surface area contributed by atoms with Crippen LogP contribution in [0, 0.1) is 12.3 Å². The maximum absolute atomic E-state index is 12.2. The predicted octanol–water partition coefficient (Wildman–Crippen LogP) is 3.57. The molecule has 22 heavy (non-hydrogen) atoms. The number of aryl methyl sites for hydroxylation is 1. The molecular formula is C16H27N3O3. The van der Waals surface area contributed by atoms with Crippen LogP contribution in [0.3, 0.4) is 0 Å². The summed E-state index contributed by atoms with van der Waals surface area (Å²) in [5.41, 5.74) is -1.10. The van der Waals surface area contributed by atoms with Gasteiger partial charge in [-0.1, -0.05) is 19.0 Å². The Morgan fingerprint density at radius 2 is 2.00 bits per heavy atom. The number of amides is 1. The molecule has 2 atom stereocenters. The number of ether oxygens (including phenoxy) is 1. The van der Waals surface area contributed by atoms with Crippen LogP contribution < -0.4 is 5.32 Å². The highest BCUT2D eigenvalue weighted by Gasteiger charge is 2.54. The minimum atomic E-state index is -0.507. The van der Waals surface area contributed by atoms with Crippen molar-refractivity contribution in [1.82, 2.24) is 15.5 Å². The molecule has 1 heterocycles. The van der Waals surface area contributed by atoms with Gasteiger partial charge in [-0.05, 0) is 46.0 Å². The first kappa shape index (κ1) is 16.8. The zero-order valence-electron chi connectivity index (χ0n) is 14.6. The zero-order valence-corrected chi connectivity index (χ0v) is 14.6. The lowest BCUT2D eigenvalue weighted by Crippen LogP contribution is -2.55. The fraction of sp³-hybridized carbons (Fsp3) is 0.812. The van der Waals surface area contributed by atoms with Gasteiger partial charge >= 0.3 is 6.09 Å². The van der Waals surface area contributed by atoms with E-state index in [-0.39, 0.29) is 23.0 Å². The van der Waals surface area contributed by atoms with E-state index in [1.807, 2.05) is 20.8 Å². The first-order chi connectivity index (χ1) is 9.95. The summed E-state index contributed by atoms with van der Waals surface area (Å²) in [6.45, 7) is 13.7. The number of carbonyl (C=O) groups excluding carboxylic acids is 1. The van der Waals surface area contributed by atoms with E-state index >= 15 is 0 Å². The maximum Gasteiger partial charge on any atom is 0.408 e. The van der Waals surface area contributed by atoms with Crippen molar-refractivity contribution in [3.8, 4) is 0 Å².